The quantitative estimate of drug-likeness (QED) is 0.125. The smallest absolute Gasteiger partial charge is 0.129 e. The first-order chi connectivity index (χ1) is 22.3. The van der Waals surface area contributed by atoms with Gasteiger partial charge in [0.1, 0.15) is 17.1 Å². The number of pyridine rings is 1. The summed E-state index contributed by atoms with van der Waals surface area (Å²) in [5.74, 6) is 1.63. The van der Waals surface area contributed by atoms with Gasteiger partial charge in [0.25, 0.3) is 0 Å². The fourth-order valence-electron chi connectivity index (χ4n) is 6.33. The Balaban J connectivity index is 1.49. The molecule has 1 fully saturated rings. The van der Waals surface area contributed by atoms with Gasteiger partial charge in [-0.1, -0.05) is 91.0 Å². The van der Waals surface area contributed by atoms with Crippen molar-refractivity contribution in [3.63, 3.8) is 0 Å². The fourth-order valence-corrected chi connectivity index (χ4v) is 6.33. The van der Waals surface area contributed by atoms with Crippen molar-refractivity contribution in [3.8, 4) is 5.75 Å². The number of nitrogens with zero attached hydrogens (tertiary/aromatic N) is 3. The summed E-state index contributed by atoms with van der Waals surface area (Å²) in [6, 6.07) is 42.1. The SMILES string of the molecule is CC(C)Oc1ccc(NC(c2ccccc2)(c2ccccc2)c2ccccc2)c(C(=N)c2ccnc(N3CCN(C)C(C)C3)c2)c1. The first kappa shape index (κ1) is 31.1. The molecule has 1 saturated heterocycles. The lowest BCUT2D eigenvalue weighted by Gasteiger charge is -2.39. The number of anilines is 2. The van der Waals surface area contributed by atoms with Gasteiger partial charge in [-0.05, 0) is 74.8 Å². The molecule has 1 aliphatic heterocycles. The highest BCUT2D eigenvalue weighted by Gasteiger charge is 2.37. The monoisotopic (exact) mass is 609 g/mol. The van der Waals surface area contributed by atoms with Crippen molar-refractivity contribution in [2.24, 2.45) is 0 Å². The second-order valence-electron chi connectivity index (χ2n) is 12.4. The number of benzene rings is 4. The zero-order chi connectivity index (χ0) is 32.1. The first-order valence-corrected chi connectivity index (χ1v) is 16.1. The van der Waals surface area contributed by atoms with Crippen LogP contribution in [-0.2, 0) is 5.54 Å². The Labute approximate surface area is 273 Å². The number of piperazine rings is 1. The van der Waals surface area contributed by atoms with Crippen LogP contribution in [-0.4, -0.2) is 54.4 Å². The molecule has 234 valence electrons. The summed E-state index contributed by atoms with van der Waals surface area (Å²) in [6.07, 6.45) is 1.83. The van der Waals surface area contributed by atoms with Gasteiger partial charge in [-0.3, -0.25) is 5.41 Å². The Morgan fingerprint density at radius 1 is 0.826 bits per heavy atom. The van der Waals surface area contributed by atoms with Crippen molar-refractivity contribution in [2.75, 3.05) is 36.9 Å². The molecule has 6 nitrogen and oxygen atoms in total. The lowest BCUT2D eigenvalue weighted by atomic mass is 9.76. The van der Waals surface area contributed by atoms with E-state index in [9.17, 15) is 5.41 Å². The van der Waals surface area contributed by atoms with Crippen LogP contribution in [0, 0.1) is 5.41 Å². The van der Waals surface area contributed by atoms with Gasteiger partial charge in [-0.25, -0.2) is 4.98 Å². The van der Waals surface area contributed by atoms with Gasteiger partial charge in [-0.2, -0.15) is 0 Å². The number of likely N-dealkylation sites (N-methyl/N-ethyl adjacent to an activating group) is 1. The van der Waals surface area contributed by atoms with Crippen LogP contribution in [0.25, 0.3) is 0 Å². The van der Waals surface area contributed by atoms with E-state index in [2.05, 4.69) is 114 Å². The van der Waals surface area contributed by atoms with Gasteiger partial charge in [0, 0.05) is 48.7 Å². The summed E-state index contributed by atoms with van der Waals surface area (Å²) >= 11 is 0. The maximum Gasteiger partial charge on any atom is 0.129 e. The van der Waals surface area contributed by atoms with Gasteiger partial charge in [0.2, 0.25) is 0 Å². The lowest BCUT2D eigenvalue weighted by molar-refractivity contribution is 0.233. The molecule has 1 aliphatic rings. The molecule has 0 spiro atoms. The number of ether oxygens (including phenoxy) is 1. The normalized spacial score (nSPS) is 15.5. The third-order valence-corrected chi connectivity index (χ3v) is 8.89. The minimum absolute atomic E-state index is 0.00430. The summed E-state index contributed by atoms with van der Waals surface area (Å²) in [5, 5.41) is 13.6. The number of aromatic nitrogens is 1. The van der Waals surface area contributed by atoms with E-state index < -0.39 is 5.54 Å². The molecular formula is C40H43N5O. The third-order valence-electron chi connectivity index (χ3n) is 8.89. The third kappa shape index (κ3) is 6.40. The molecule has 1 aromatic heterocycles. The number of nitrogens with one attached hydrogen (secondary N) is 2. The molecule has 5 aromatic rings. The van der Waals surface area contributed by atoms with Crippen molar-refractivity contribution < 1.29 is 4.74 Å². The van der Waals surface area contributed by atoms with Gasteiger partial charge < -0.3 is 19.9 Å². The second kappa shape index (κ2) is 13.6. The Kier molecular flexibility index (Phi) is 9.18. The van der Waals surface area contributed by atoms with E-state index >= 15 is 0 Å². The van der Waals surface area contributed by atoms with Crippen LogP contribution < -0.4 is 15.0 Å². The molecule has 6 heteroatoms. The molecule has 6 rings (SSSR count). The Hall–Kier alpha value is -4.94. The van der Waals surface area contributed by atoms with Crippen molar-refractivity contribution in [1.29, 1.82) is 5.41 Å². The minimum Gasteiger partial charge on any atom is -0.491 e. The van der Waals surface area contributed by atoms with Gasteiger partial charge in [0.05, 0.1) is 11.8 Å². The van der Waals surface area contributed by atoms with Gasteiger partial charge >= 0.3 is 0 Å². The number of hydrogen-bond donors (Lipinski definition) is 2. The summed E-state index contributed by atoms with van der Waals surface area (Å²) in [4.78, 5) is 9.42. The Morgan fingerprint density at radius 3 is 1.96 bits per heavy atom. The molecule has 2 N–H and O–H groups in total. The molecular weight excluding hydrogens is 566 g/mol. The average molecular weight is 610 g/mol. The van der Waals surface area contributed by atoms with Crippen LogP contribution in [0.2, 0.25) is 0 Å². The molecule has 0 aliphatic carbocycles. The summed E-state index contributed by atoms with van der Waals surface area (Å²) in [7, 11) is 2.17. The van der Waals surface area contributed by atoms with Crippen LogP contribution in [0.1, 0.15) is 48.6 Å². The molecule has 0 amide bonds. The standard InChI is InChI=1S/C40H43N5O/c1-29(2)46-35-20-21-37(36(27-35)39(41)31-22-23-42-38(26-31)45-25-24-44(4)30(3)28-45)43-40(32-14-8-5-9-15-32,33-16-10-6-11-17-33)34-18-12-7-13-19-34/h5-23,26-27,29-30,41,43H,24-25,28H2,1-4H3. The highest BCUT2D eigenvalue weighted by molar-refractivity contribution is 6.14. The summed E-state index contributed by atoms with van der Waals surface area (Å²) in [6.45, 7) is 9.08. The minimum atomic E-state index is -0.737. The summed E-state index contributed by atoms with van der Waals surface area (Å²) in [5.41, 5.74) is 5.38. The molecule has 0 saturated carbocycles. The highest BCUT2D eigenvalue weighted by atomic mass is 16.5. The predicted molar refractivity (Wildman–Crippen MR) is 190 cm³/mol. The second-order valence-corrected chi connectivity index (χ2v) is 12.4. The van der Waals surface area contributed by atoms with E-state index in [1.807, 2.05) is 56.4 Å². The van der Waals surface area contributed by atoms with Crippen molar-refractivity contribution >= 4 is 17.2 Å². The fraction of sp³-hybridized carbons (Fsp3) is 0.250. The van der Waals surface area contributed by atoms with Gasteiger partial charge in [-0.15, -0.1) is 0 Å². The Bertz CT molecular complexity index is 1660. The van der Waals surface area contributed by atoms with E-state index in [0.29, 0.717) is 11.8 Å². The molecule has 46 heavy (non-hydrogen) atoms. The molecule has 2 heterocycles. The largest absolute Gasteiger partial charge is 0.491 e. The molecule has 0 radical (unpaired) electrons. The average Bonchev–Trinajstić information content (AvgIpc) is 3.09. The van der Waals surface area contributed by atoms with E-state index in [1.165, 1.54) is 0 Å². The maximum absolute atomic E-state index is 9.64. The van der Waals surface area contributed by atoms with Crippen LogP contribution in [0.5, 0.6) is 5.75 Å². The zero-order valence-corrected chi connectivity index (χ0v) is 27.2. The van der Waals surface area contributed by atoms with Crippen LogP contribution in [0.3, 0.4) is 0 Å². The molecule has 1 unspecified atom stereocenters. The van der Waals surface area contributed by atoms with Crippen LogP contribution in [0.4, 0.5) is 11.5 Å². The zero-order valence-electron chi connectivity index (χ0n) is 27.2. The number of hydrogen-bond acceptors (Lipinski definition) is 6. The lowest BCUT2D eigenvalue weighted by Crippen LogP contribution is -2.50. The van der Waals surface area contributed by atoms with Crippen molar-refractivity contribution in [1.82, 2.24) is 9.88 Å². The van der Waals surface area contributed by atoms with E-state index in [1.54, 1.807) is 0 Å². The summed E-state index contributed by atoms with van der Waals surface area (Å²) < 4.78 is 6.17. The molecule has 1 atom stereocenters. The first-order valence-electron chi connectivity index (χ1n) is 16.1. The van der Waals surface area contributed by atoms with E-state index in [0.717, 1.165) is 64.7 Å². The van der Waals surface area contributed by atoms with Crippen molar-refractivity contribution in [3.05, 3.63) is 155 Å². The van der Waals surface area contributed by atoms with Gasteiger partial charge in [0.15, 0.2) is 0 Å². The molecule has 4 aromatic carbocycles. The topological polar surface area (TPSA) is 64.5 Å². The maximum atomic E-state index is 9.64. The Morgan fingerprint density at radius 2 is 1.41 bits per heavy atom. The van der Waals surface area contributed by atoms with Crippen molar-refractivity contribution in [2.45, 2.75) is 38.5 Å². The highest BCUT2D eigenvalue weighted by Crippen LogP contribution is 2.41. The van der Waals surface area contributed by atoms with E-state index in [-0.39, 0.29) is 6.10 Å². The van der Waals surface area contributed by atoms with E-state index in [4.69, 9.17) is 9.72 Å². The molecule has 0 bridgehead atoms. The van der Waals surface area contributed by atoms with Crippen LogP contribution >= 0.6 is 0 Å². The predicted octanol–water partition coefficient (Wildman–Crippen LogP) is 7.83. The van der Waals surface area contributed by atoms with Crippen LogP contribution in [0.15, 0.2) is 128 Å². The number of rotatable bonds is 10.